The van der Waals surface area contributed by atoms with Gasteiger partial charge in [-0.1, -0.05) is 18.5 Å². The molecule has 1 aliphatic rings. The highest BCUT2D eigenvalue weighted by Crippen LogP contribution is 2.49. The molecule has 0 unspecified atom stereocenters. The van der Waals surface area contributed by atoms with E-state index in [-0.39, 0.29) is 11.7 Å². The van der Waals surface area contributed by atoms with Crippen LogP contribution in [0.2, 0.25) is 0 Å². The van der Waals surface area contributed by atoms with Crippen LogP contribution in [0.1, 0.15) is 46.5 Å². The summed E-state index contributed by atoms with van der Waals surface area (Å²) in [5.74, 6) is -0.245. The van der Waals surface area contributed by atoms with E-state index in [0.717, 1.165) is 12.8 Å². The fourth-order valence-electron chi connectivity index (χ4n) is 1.95. The summed E-state index contributed by atoms with van der Waals surface area (Å²) in [5, 5.41) is 14.5. The topological polar surface area (TPSA) is 87.7 Å². The van der Waals surface area contributed by atoms with Crippen molar-refractivity contribution in [3.8, 4) is 0 Å². The first-order valence-electron chi connectivity index (χ1n) is 6.14. The molecule has 0 aromatic rings. The van der Waals surface area contributed by atoms with Crippen LogP contribution in [0.4, 0.5) is 0 Å². The SMILES string of the molecule is CCCC1(CNC(=O)C(C)(C)C(N)=NO)CC1. The second-order valence-electron chi connectivity index (χ2n) is 5.54. The van der Waals surface area contributed by atoms with Crippen molar-refractivity contribution in [1.82, 2.24) is 5.32 Å². The van der Waals surface area contributed by atoms with Crippen LogP contribution in [0.5, 0.6) is 0 Å². The van der Waals surface area contributed by atoms with Crippen LogP contribution in [0.3, 0.4) is 0 Å². The maximum absolute atomic E-state index is 12.0. The molecule has 4 N–H and O–H groups in total. The molecule has 0 aromatic heterocycles. The van der Waals surface area contributed by atoms with Crippen molar-refractivity contribution in [2.24, 2.45) is 21.7 Å². The molecule has 1 fully saturated rings. The van der Waals surface area contributed by atoms with Gasteiger partial charge in [0.15, 0.2) is 5.84 Å². The number of hydrogen-bond donors (Lipinski definition) is 3. The molecule has 0 bridgehead atoms. The van der Waals surface area contributed by atoms with Gasteiger partial charge in [0, 0.05) is 6.54 Å². The molecule has 0 atom stereocenters. The van der Waals surface area contributed by atoms with E-state index in [9.17, 15) is 4.79 Å². The summed E-state index contributed by atoms with van der Waals surface area (Å²) in [6.45, 7) is 6.15. The number of nitrogens with two attached hydrogens (primary N) is 1. The van der Waals surface area contributed by atoms with Gasteiger partial charge in [0.1, 0.15) is 5.41 Å². The number of oxime groups is 1. The zero-order valence-corrected chi connectivity index (χ0v) is 10.9. The van der Waals surface area contributed by atoms with Gasteiger partial charge in [0.2, 0.25) is 5.91 Å². The number of nitrogens with one attached hydrogen (secondary N) is 1. The summed E-state index contributed by atoms with van der Waals surface area (Å²) < 4.78 is 0. The van der Waals surface area contributed by atoms with Gasteiger partial charge < -0.3 is 16.3 Å². The molecular weight excluding hydrogens is 218 g/mol. The Morgan fingerprint density at radius 1 is 1.53 bits per heavy atom. The van der Waals surface area contributed by atoms with Gasteiger partial charge in [0.05, 0.1) is 0 Å². The standard InChI is InChI=1S/C12H23N3O2/c1-4-5-12(6-7-12)8-14-10(16)11(2,3)9(13)15-17/h17H,4-8H2,1-3H3,(H2,13,15)(H,14,16). The van der Waals surface area contributed by atoms with Gasteiger partial charge in [-0.15, -0.1) is 0 Å². The number of carbonyl (C=O) groups is 1. The summed E-state index contributed by atoms with van der Waals surface area (Å²) in [4.78, 5) is 12.0. The van der Waals surface area contributed by atoms with Gasteiger partial charge in [-0.25, -0.2) is 0 Å². The Labute approximate surface area is 102 Å². The van der Waals surface area contributed by atoms with Crippen molar-refractivity contribution in [3.05, 3.63) is 0 Å². The number of nitrogens with zero attached hydrogens (tertiary/aromatic N) is 1. The molecule has 1 aliphatic carbocycles. The van der Waals surface area contributed by atoms with Crippen LogP contribution in [-0.4, -0.2) is 23.5 Å². The van der Waals surface area contributed by atoms with Crippen LogP contribution in [0.15, 0.2) is 5.16 Å². The van der Waals surface area contributed by atoms with Crippen molar-refractivity contribution in [2.75, 3.05) is 6.54 Å². The summed E-state index contributed by atoms with van der Waals surface area (Å²) in [5.41, 5.74) is 4.85. The molecule has 5 nitrogen and oxygen atoms in total. The monoisotopic (exact) mass is 241 g/mol. The second kappa shape index (κ2) is 4.94. The lowest BCUT2D eigenvalue weighted by Crippen LogP contribution is -2.47. The lowest BCUT2D eigenvalue weighted by atomic mass is 9.90. The Bertz CT molecular complexity index is 320. The van der Waals surface area contributed by atoms with Gasteiger partial charge in [0.25, 0.3) is 0 Å². The van der Waals surface area contributed by atoms with Crippen LogP contribution in [0.25, 0.3) is 0 Å². The van der Waals surface area contributed by atoms with Crippen molar-refractivity contribution >= 4 is 11.7 Å². The van der Waals surface area contributed by atoms with E-state index in [1.807, 2.05) is 0 Å². The largest absolute Gasteiger partial charge is 0.409 e. The molecule has 5 heteroatoms. The van der Waals surface area contributed by atoms with E-state index < -0.39 is 5.41 Å². The summed E-state index contributed by atoms with van der Waals surface area (Å²) in [6.07, 6.45) is 4.66. The Morgan fingerprint density at radius 2 is 2.12 bits per heavy atom. The van der Waals surface area contributed by atoms with Crippen LogP contribution in [-0.2, 0) is 4.79 Å². The third-order valence-corrected chi connectivity index (χ3v) is 3.68. The Morgan fingerprint density at radius 3 is 2.53 bits per heavy atom. The predicted molar refractivity (Wildman–Crippen MR) is 66.8 cm³/mol. The smallest absolute Gasteiger partial charge is 0.233 e. The number of rotatable bonds is 6. The predicted octanol–water partition coefficient (Wildman–Crippen LogP) is 1.46. The molecular formula is C12H23N3O2. The maximum Gasteiger partial charge on any atom is 0.233 e. The van der Waals surface area contributed by atoms with E-state index in [2.05, 4.69) is 17.4 Å². The fourth-order valence-corrected chi connectivity index (χ4v) is 1.95. The first kappa shape index (κ1) is 13.8. The Balaban J connectivity index is 2.50. The molecule has 0 spiro atoms. The number of hydrogen-bond acceptors (Lipinski definition) is 3. The van der Waals surface area contributed by atoms with Crippen molar-refractivity contribution in [1.29, 1.82) is 0 Å². The van der Waals surface area contributed by atoms with Gasteiger partial charge in [-0.3, -0.25) is 4.79 Å². The lowest BCUT2D eigenvalue weighted by Gasteiger charge is -2.24. The normalized spacial score (nSPS) is 18.9. The van der Waals surface area contributed by atoms with Crippen molar-refractivity contribution in [2.45, 2.75) is 46.5 Å². The summed E-state index contributed by atoms with van der Waals surface area (Å²) in [7, 11) is 0. The Hall–Kier alpha value is -1.26. The first-order chi connectivity index (χ1) is 7.88. The minimum absolute atomic E-state index is 0.0599. The molecule has 1 saturated carbocycles. The van der Waals surface area contributed by atoms with E-state index in [1.54, 1.807) is 13.8 Å². The number of amidine groups is 1. The Kier molecular flexibility index (Phi) is 4.01. The third-order valence-electron chi connectivity index (χ3n) is 3.68. The highest BCUT2D eigenvalue weighted by molar-refractivity contribution is 6.05. The van der Waals surface area contributed by atoms with Crippen molar-refractivity contribution in [3.63, 3.8) is 0 Å². The molecule has 0 heterocycles. The number of amides is 1. The van der Waals surface area contributed by atoms with Crippen LogP contribution >= 0.6 is 0 Å². The highest BCUT2D eigenvalue weighted by Gasteiger charge is 2.43. The summed E-state index contributed by atoms with van der Waals surface area (Å²) in [6, 6.07) is 0. The first-order valence-corrected chi connectivity index (χ1v) is 6.14. The van der Waals surface area contributed by atoms with Gasteiger partial charge in [-0.05, 0) is 38.5 Å². The molecule has 0 aliphatic heterocycles. The van der Waals surface area contributed by atoms with E-state index >= 15 is 0 Å². The average molecular weight is 241 g/mol. The number of carbonyl (C=O) groups excluding carboxylic acids is 1. The minimum atomic E-state index is -0.961. The maximum atomic E-state index is 12.0. The molecule has 0 saturated heterocycles. The minimum Gasteiger partial charge on any atom is -0.409 e. The molecule has 0 aromatic carbocycles. The van der Waals surface area contributed by atoms with Gasteiger partial charge in [-0.2, -0.15) is 0 Å². The summed E-state index contributed by atoms with van der Waals surface area (Å²) >= 11 is 0. The third kappa shape index (κ3) is 3.11. The molecule has 1 amide bonds. The van der Waals surface area contributed by atoms with Crippen LogP contribution < -0.4 is 11.1 Å². The van der Waals surface area contributed by atoms with Crippen molar-refractivity contribution < 1.29 is 10.0 Å². The molecule has 17 heavy (non-hydrogen) atoms. The highest BCUT2D eigenvalue weighted by atomic mass is 16.4. The molecule has 0 radical (unpaired) electrons. The van der Waals surface area contributed by atoms with Crippen LogP contribution in [0, 0.1) is 10.8 Å². The lowest BCUT2D eigenvalue weighted by molar-refractivity contribution is -0.126. The van der Waals surface area contributed by atoms with E-state index in [0.29, 0.717) is 12.0 Å². The fraction of sp³-hybridized carbons (Fsp3) is 0.833. The second-order valence-corrected chi connectivity index (χ2v) is 5.54. The molecule has 98 valence electrons. The molecule has 1 rings (SSSR count). The quantitative estimate of drug-likeness (QED) is 0.285. The zero-order valence-electron chi connectivity index (χ0n) is 10.9. The van der Waals surface area contributed by atoms with E-state index in [1.165, 1.54) is 12.8 Å². The van der Waals surface area contributed by atoms with Gasteiger partial charge >= 0.3 is 0 Å². The van der Waals surface area contributed by atoms with E-state index in [4.69, 9.17) is 10.9 Å². The average Bonchev–Trinajstić information content (AvgIpc) is 3.05. The zero-order chi connectivity index (χ0) is 13.1.